The molecule has 0 aliphatic rings. The average molecular weight is 287 g/mol. The van der Waals surface area contributed by atoms with Crippen molar-refractivity contribution in [3.8, 4) is 0 Å². The van der Waals surface area contributed by atoms with E-state index in [1.165, 1.54) is 0 Å². The van der Waals surface area contributed by atoms with Crippen LogP contribution in [-0.4, -0.2) is 33.8 Å². The Kier molecular flexibility index (Phi) is 5.45. The van der Waals surface area contributed by atoms with Crippen molar-refractivity contribution in [2.45, 2.75) is 26.3 Å². The molecule has 0 atom stereocenters. The Morgan fingerprint density at radius 3 is 3.00 bits per heavy atom. The van der Waals surface area contributed by atoms with Gasteiger partial charge in [-0.15, -0.1) is 0 Å². The lowest BCUT2D eigenvalue weighted by molar-refractivity contribution is 0.0953. The number of nitrogens with one attached hydrogen (secondary N) is 1. The van der Waals surface area contributed by atoms with Gasteiger partial charge in [-0.3, -0.25) is 14.5 Å². The second kappa shape index (κ2) is 7.54. The van der Waals surface area contributed by atoms with Crippen molar-refractivity contribution in [2.24, 2.45) is 5.73 Å². The van der Waals surface area contributed by atoms with Crippen LogP contribution in [0.25, 0.3) is 0 Å². The summed E-state index contributed by atoms with van der Waals surface area (Å²) < 4.78 is 1.82. The summed E-state index contributed by atoms with van der Waals surface area (Å²) in [6, 6.07) is 3.89. The van der Waals surface area contributed by atoms with E-state index in [4.69, 9.17) is 5.73 Å². The van der Waals surface area contributed by atoms with Crippen LogP contribution in [0.5, 0.6) is 0 Å². The number of nitrogens with two attached hydrogens (primary N) is 1. The van der Waals surface area contributed by atoms with E-state index < -0.39 is 0 Å². The molecule has 0 radical (unpaired) electrons. The molecule has 0 aliphatic carbocycles. The number of hydrogen-bond acceptors (Lipinski definition) is 4. The molecule has 0 saturated heterocycles. The van der Waals surface area contributed by atoms with Crippen molar-refractivity contribution in [1.82, 2.24) is 20.1 Å². The summed E-state index contributed by atoms with van der Waals surface area (Å²) in [5.41, 5.74) is 8.09. The smallest absolute Gasteiger partial charge is 0.254 e. The summed E-state index contributed by atoms with van der Waals surface area (Å²) in [7, 11) is 0. The molecule has 21 heavy (non-hydrogen) atoms. The Bertz CT molecular complexity index is 579. The highest BCUT2D eigenvalue weighted by Crippen LogP contribution is 2.07. The Labute approximate surface area is 124 Å². The summed E-state index contributed by atoms with van der Waals surface area (Å²) in [6.07, 6.45) is 6.78. The van der Waals surface area contributed by atoms with E-state index in [9.17, 15) is 4.79 Å². The summed E-state index contributed by atoms with van der Waals surface area (Å²) >= 11 is 0. The number of nitrogens with zero attached hydrogens (tertiary/aromatic N) is 3. The molecular weight excluding hydrogens is 266 g/mol. The SMILES string of the molecule is Cc1c(C(=O)NCCc2cccnc2)cnn1CCCN. The number of rotatable bonds is 7. The maximum atomic E-state index is 12.1. The second-order valence-electron chi connectivity index (χ2n) is 4.88. The predicted octanol–water partition coefficient (Wildman–Crippen LogP) is 0.908. The highest BCUT2D eigenvalue weighted by molar-refractivity contribution is 5.95. The van der Waals surface area contributed by atoms with E-state index in [0.29, 0.717) is 18.7 Å². The van der Waals surface area contributed by atoms with Crippen LogP contribution in [0.1, 0.15) is 28.0 Å². The van der Waals surface area contributed by atoms with Crippen LogP contribution in [0.4, 0.5) is 0 Å². The molecule has 6 heteroatoms. The molecule has 2 heterocycles. The normalized spacial score (nSPS) is 10.6. The van der Waals surface area contributed by atoms with Crippen molar-refractivity contribution in [1.29, 1.82) is 0 Å². The molecular formula is C15H21N5O. The first-order valence-electron chi connectivity index (χ1n) is 7.12. The van der Waals surface area contributed by atoms with Gasteiger partial charge < -0.3 is 11.1 Å². The third-order valence-corrected chi connectivity index (χ3v) is 3.34. The minimum absolute atomic E-state index is 0.0876. The highest BCUT2D eigenvalue weighted by Gasteiger charge is 2.13. The van der Waals surface area contributed by atoms with Gasteiger partial charge in [0.15, 0.2) is 0 Å². The zero-order valence-electron chi connectivity index (χ0n) is 12.2. The van der Waals surface area contributed by atoms with Crippen LogP contribution in [0.15, 0.2) is 30.7 Å². The van der Waals surface area contributed by atoms with Crippen LogP contribution < -0.4 is 11.1 Å². The van der Waals surface area contributed by atoms with Crippen LogP contribution in [0, 0.1) is 6.92 Å². The van der Waals surface area contributed by atoms with E-state index in [0.717, 1.165) is 30.6 Å². The lowest BCUT2D eigenvalue weighted by Gasteiger charge is -2.06. The molecule has 2 rings (SSSR count). The third kappa shape index (κ3) is 4.13. The maximum Gasteiger partial charge on any atom is 0.254 e. The molecule has 0 bridgehead atoms. The van der Waals surface area contributed by atoms with Gasteiger partial charge in [0.05, 0.1) is 11.8 Å². The fourth-order valence-corrected chi connectivity index (χ4v) is 2.10. The molecule has 0 aliphatic heterocycles. The molecule has 0 saturated carbocycles. The van der Waals surface area contributed by atoms with E-state index in [2.05, 4.69) is 15.4 Å². The van der Waals surface area contributed by atoms with Crippen LogP contribution in [-0.2, 0) is 13.0 Å². The standard InChI is InChI=1S/C15H21N5O/c1-12-14(11-19-20(12)9-3-6-16)15(21)18-8-5-13-4-2-7-17-10-13/h2,4,7,10-11H,3,5-6,8-9,16H2,1H3,(H,18,21). The minimum Gasteiger partial charge on any atom is -0.352 e. The predicted molar refractivity (Wildman–Crippen MR) is 80.9 cm³/mol. The van der Waals surface area contributed by atoms with E-state index in [1.54, 1.807) is 12.4 Å². The van der Waals surface area contributed by atoms with Crippen LogP contribution in [0.2, 0.25) is 0 Å². The number of carbonyl (C=O) groups excluding carboxylic acids is 1. The van der Waals surface area contributed by atoms with Gasteiger partial charge in [-0.2, -0.15) is 5.10 Å². The number of pyridine rings is 1. The average Bonchev–Trinajstić information content (AvgIpc) is 2.87. The molecule has 1 amide bonds. The highest BCUT2D eigenvalue weighted by atomic mass is 16.1. The number of amides is 1. The first kappa shape index (κ1) is 15.2. The van der Waals surface area contributed by atoms with Crippen molar-refractivity contribution in [3.05, 3.63) is 47.5 Å². The first-order chi connectivity index (χ1) is 10.2. The lowest BCUT2D eigenvalue weighted by Crippen LogP contribution is -2.26. The monoisotopic (exact) mass is 287 g/mol. The largest absolute Gasteiger partial charge is 0.352 e. The molecule has 3 N–H and O–H groups in total. The van der Waals surface area contributed by atoms with Gasteiger partial charge in [0, 0.05) is 31.2 Å². The Morgan fingerprint density at radius 1 is 1.43 bits per heavy atom. The molecule has 0 aromatic carbocycles. The van der Waals surface area contributed by atoms with Crippen molar-refractivity contribution < 1.29 is 4.79 Å². The third-order valence-electron chi connectivity index (χ3n) is 3.34. The molecule has 0 fully saturated rings. The molecule has 0 spiro atoms. The van der Waals surface area contributed by atoms with Crippen LogP contribution in [0.3, 0.4) is 0 Å². The summed E-state index contributed by atoms with van der Waals surface area (Å²) in [4.78, 5) is 16.2. The quantitative estimate of drug-likeness (QED) is 0.792. The Morgan fingerprint density at radius 2 is 2.29 bits per heavy atom. The van der Waals surface area contributed by atoms with Gasteiger partial charge in [-0.25, -0.2) is 0 Å². The number of aromatic nitrogens is 3. The van der Waals surface area contributed by atoms with Gasteiger partial charge in [0.1, 0.15) is 0 Å². The van der Waals surface area contributed by atoms with Crippen molar-refractivity contribution in [2.75, 3.05) is 13.1 Å². The fourth-order valence-electron chi connectivity index (χ4n) is 2.10. The van der Waals surface area contributed by atoms with E-state index in [-0.39, 0.29) is 5.91 Å². The zero-order valence-corrected chi connectivity index (χ0v) is 12.2. The van der Waals surface area contributed by atoms with Crippen LogP contribution >= 0.6 is 0 Å². The van der Waals surface area contributed by atoms with E-state index >= 15 is 0 Å². The number of aryl methyl sites for hydroxylation is 1. The fraction of sp³-hybridized carbons (Fsp3) is 0.400. The van der Waals surface area contributed by atoms with Gasteiger partial charge >= 0.3 is 0 Å². The summed E-state index contributed by atoms with van der Waals surface area (Å²) in [5.74, 6) is -0.0876. The molecule has 0 unspecified atom stereocenters. The van der Waals surface area contributed by atoms with E-state index in [1.807, 2.05) is 29.9 Å². The summed E-state index contributed by atoms with van der Waals surface area (Å²) in [5, 5.41) is 7.14. The topological polar surface area (TPSA) is 85.8 Å². The Balaban J connectivity index is 1.87. The van der Waals surface area contributed by atoms with Crippen molar-refractivity contribution in [3.63, 3.8) is 0 Å². The van der Waals surface area contributed by atoms with Crippen molar-refractivity contribution >= 4 is 5.91 Å². The lowest BCUT2D eigenvalue weighted by atomic mass is 10.2. The number of carbonyl (C=O) groups is 1. The summed E-state index contributed by atoms with van der Waals surface area (Å²) in [6.45, 7) is 3.84. The minimum atomic E-state index is -0.0876. The van der Waals surface area contributed by atoms with Gasteiger partial charge in [-0.05, 0) is 37.9 Å². The molecule has 6 nitrogen and oxygen atoms in total. The Hall–Kier alpha value is -2.21. The van der Waals surface area contributed by atoms with Gasteiger partial charge in [0.25, 0.3) is 5.91 Å². The number of hydrogen-bond donors (Lipinski definition) is 2. The first-order valence-corrected chi connectivity index (χ1v) is 7.12. The molecule has 2 aromatic rings. The zero-order chi connectivity index (χ0) is 15.1. The molecule has 112 valence electrons. The van der Waals surface area contributed by atoms with Gasteiger partial charge in [-0.1, -0.05) is 6.07 Å². The maximum absolute atomic E-state index is 12.1. The second-order valence-corrected chi connectivity index (χ2v) is 4.88. The van der Waals surface area contributed by atoms with Gasteiger partial charge in [0.2, 0.25) is 0 Å². The molecule has 2 aromatic heterocycles.